The van der Waals surface area contributed by atoms with Gasteiger partial charge in [0.25, 0.3) is 0 Å². The van der Waals surface area contributed by atoms with Gasteiger partial charge in [0.05, 0.1) is 19.2 Å². The summed E-state index contributed by atoms with van der Waals surface area (Å²) >= 11 is 0. The van der Waals surface area contributed by atoms with E-state index in [1.54, 1.807) is 7.11 Å². The Bertz CT molecular complexity index is 393. The standard InChI is InChI=1S/C14H22N2O2/c1-4-7-12(15)14(17)16-10(2)11-8-5-6-9-13(11)18-3/h5-6,8-10,12H,4,7,15H2,1-3H3,(H,16,17). The van der Waals surface area contributed by atoms with Crippen molar-refractivity contribution in [3.05, 3.63) is 29.8 Å². The lowest BCUT2D eigenvalue weighted by molar-refractivity contribution is -0.123. The van der Waals surface area contributed by atoms with E-state index in [1.165, 1.54) is 0 Å². The van der Waals surface area contributed by atoms with Gasteiger partial charge in [-0.15, -0.1) is 0 Å². The summed E-state index contributed by atoms with van der Waals surface area (Å²) in [5.41, 5.74) is 6.74. The summed E-state index contributed by atoms with van der Waals surface area (Å²) in [4.78, 5) is 11.8. The van der Waals surface area contributed by atoms with Crippen molar-refractivity contribution < 1.29 is 9.53 Å². The van der Waals surface area contributed by atoms with Gasteiger partial charge in [0, 0.05) is 5.56 Å². The smallest absolute Gasteiger partial charge is 0.237 e. The first-order valence-corrected chi connectivity index (χ1v) is 6.29. The molecule has 1 aromatic rings. The molecule has 0 aliphatic carbocycles. The second kappa shape index (κ2) is 7.01. The average Bonchev–Trinajstić information content (AvgIpc) is 2.38. The molecule has 0 fully saturated rings. The fourth-order valence-corrected chi connectivity index (χ4v) is 1.86. The molecule has 100 valence electrons. The van der Waals surface area contributed by atoms with Crippen molar-refractivity contribution >= 4 is 5.91 Å². The molecule has 1 amide bonds. The van der Waals surface area contributed by atoms with E-state index >= 15 is 0 Å². The summed E-state index contributed by atoms with van der Waals surface area (Å²) < 4.78 is 5.27. The Balaban J connectivity index is 2.70. The molecule has 0 radical (unpaired) electrons. The van der Waals surface area contributed by atoms with Crippen LogP contribution in [0.4, 0.5) is 0 Å². The van der Waals surface area contributed by atoms with Gasteiger partial charge in [-0.1, -0.05) is 31.5 Å². The van der Waals surface area contributed by atoms with Crippen LogP contribution in [0, 0.1) is 0 Å². The molecule has 0 aromatic heterocycles. The lowest BCUT2D eigenvalue weighted by Crippen LogP contribution is -2.41. The highest BCUT2D eigenvalue weighted by Crippen LogP contribution is 2.24. The molecule has 1 rings (SSSR count). The van der Waals surface area contributed by atoms with E-state index in [2.05, 4.69) is 5.32 Å². The number of nitrogens with two attached hydrogens (primary N) is 1. The van der Waals surface area contributed by atoms with Gasteiger partial charge < -0.3 is 15.8 Å². The summed E-state index contributed by atoms with van der Waals surface area (Å²) in [7, 11) is 1.62. The number of hydrogen-bond donors (Lipinski definition) is 2. The summed E-state index contributed by atoms with van der Waals surface area (Å²) in [6, 6.07) is 7.09. The monoisotopic (exact) mass is 250 g/mol. The fourth-order valence-electron chi connectivity index (χ4n) is 1.86. The second-order valence-corrected chi connectivity index (χ2v) is 4.37. The minimum Gasteiger partial charge on any atom is -0.496 e. The van der Waals surface area contributed by atoms with E-state index in [0.717, 1.165) is 17.7 Å². The SMILES string of the molecule is CCCC(N)C(=O)NC(C)c1ccccc1OC. The predicted molar refractivity (Wildman–Crippen MR) is 72.4 cm³/mol. The van der Waals surface area contributed by atoms with Crippen LogP contribution in [-0.4, -0.2) is 19.1 Å². The minimum atomic E-state index is -0.438. The van der Waals surface area contributed by atoms with Gasteiger partial charge in [-0.05, 0) is 19.4 Å². The van der Waals surface area contributed by atoms with E-state index < -0.39 is 6.04 Å². The van der Waals surface area contributed by atoms with E-state index in [1.807, 2.05) is 38.1 Å². The highest BCUT2D eigenvalue weighted by Gasteiger charge is 2.17. The summed E-state index contributed by atoms with van der Waals surface area (Å²) in [6.07, 6.45) is 1.60. The molecule has 0 aliphatic rings. The van der Waals surface area contributed by atoms with Gasteiger partial charge in [-0.25, -0.2) is 0 Å². The quantitative estimate of drug-likeness (QED) is 0.811. The number of para-hydroxylation sites is 1. The van der Waals surface area contributed by atoms with Crippen LogP contribution >= 0.6 is 0 Å². The van der Waals surface area contributed by atoms with E-state index in [0.29, 0.717) is 6.42 Å². The van der Waals surface area contributed by atoms with Crippen molar-refractivity contribution in [3.8, 4) is 5.75 Å². The predicted octanol–water partition coefficient (Wildman–Crippen LogP) is 2.00. The number of methoxy groups -OCH3 is 1. The Morgan fingerprint density at radius 1 is 1.44 bits per heavy atom. The number of carbonyl (C=O) groups is 1. The normalized spacial score (nSPS) is 13.8. The van der Waals surface area contributed by atoms with Crippen LogP contribution in [0.15, 0.2) is 24.3 Å². The molecule has 0 aliphatic heterocycles. The zero-order chi connectivity index (χ0) is 13.5. The molecule has 3 N–H and O–H groups in total. The van der Waals surface area contributed by atoms with Crippen molar-refractivity contribution in [3.63, 3.8) is 0 Å². The minimum absolute atomic E-state index is 0.114. The van der Waals surface area contributed by atoms with Crippen molar-refractivity contribution in [2.75, 3.05) is 7.11 Å². The van der Waals surface area contributed by atoms with Gasteiger partial charge in [-0.3, -0.25) is 4.79 Å². The van der Waals surface area contributed by atoms with E-state index in [-0.39, 0.29) is 11.9 Å². The van der Waals surface area contributed by atoms with Crippen molar-refractivity contribution in [2.45, 2.75) is 38.8 Å². The lowest BCUT2D eigenvalue weighted by atomic mass is 10.1. The molecule has 1 aromatic carbocycles. The Hall–Kier alpha value is -1.55. The highest BCUT2D eigenvalue weighted by molar-refractivity contribution is 5.81. The number of amides is 1. The van der Waals surface area contributed by atoms with Gasteiger partial charge in [-0.2, -0.15) is 0 Å². The maximum Gasteiger partial charge on any atom is 0.237 e. The number of benzene rings is 1. The molecule has 2 unspecified atom stereocenters. The maximum atomic E-state index is 11.8. The third-order valence-electron chi connectivity index (χ3n) is 2.90. The van der Waals surface area contributed by atoms with Crippen molar-refractivity contribution in [1.29, 1.82) is 0 Å². The molecule has 2 atom stereocenters. The van der Waals surface area contributed by atoms with Crippen LogP contribution in [0.3, 0.4) is 0 Å². The largest absolute Gasteiger partial charge is 0.496 e. The second-order valence-electron chi connectivity index (χ2n) is 4.37. The Kier molecular flexibility index (Phi) is 5.65. The van der Waals surface area contributed by atoms with E-state index in [4.69, 9.17) is 10.5 Å². The van der Waals surface area contributed by atoms with Crippen LogP contribution in [0.2, 0.25) is 0 Å². The van der Waals surface area contributed by atoms with Gasteiger partial charge in [0.2, 0.25) is 5.91 Å². The maximum absolute atomic E-state index is 11.8. The molecule has 0 saturated carbocycles. The van der Waals surface area contributed by atoms with E-state index in [9.17, 15) is 4.79 Å². The average molecular weight is 250 g/mol. The molecule has 18 heavy (non-hydrogen) atoms. The van der Waals surface area contributed by atoms with Crippen LogP contribution in [-0.2, 0) is 4.79 Å². The van der Waals surface area contributed by atoms with Gasteiger partial charge in [0.15, 0.2) is 0 Å². The number of carbonyl (C=O) groups excluding carboxylic acids is 1. The molecule has 4 heteroatoms. The summed E-state index contributed by atoms with van der Waals surface area (Å²) in [6.45, 7) is 3.94. The zero-order valence-electron chi connectivity index (χ0n) is 11.3. The molecule has 0 saturated heterocycles. The number of rotatable bonds is 6. The summed E-state index contributed by atoms with van der Waals surface area (Å²) in [5.74, 6) is 0.657. The third-order valence-corrected chi connectivity index (χ3v) is 2.90. The molecular weight excluding hydrogens is 228 g/mol. The molecule has 4 nitrogen and oxygen atoms in total. The first kappa shape index (κ1) is 14.5. The first-order chi connectivity index (χ1) is 8.60. The van der Waals surface area contributed by atoms with Crippen LogP contribution < -0.4 is 15.8 Å². The van der Waals surface area contributed by atoms with Crippen LogP contribution in [0.25, 0.3) is 0 Å². The summed E-state index contributed by atoms with van der Waals surface area (Å²) in [5, 5.41) is 2.91. The Morgan fingerprint density at radius 2 is 2.11 bits per heavy atom. The van der Waals surface area contributed by atoms with Crippen molar-refractivity contribution in [1.82, 2.24) is 5.32 Å². The highest BCUT2D eigenvalue weighted by atomic mass is 16.5. The topological polar surface area (TPSA) is 64.4 Å². The third kappa shape index (κ3) is 3.74. The number of ether oxygens (including phenoxy) is 1. The van der Waals surface area contributed by atoms with Crippen LogP contribution in [0.5, 0.6) is 5.75 Å². The molecule has 0 bridgehead atoms. The molecule has 0 spiro atoms. The number of nitrogens with one attached hydrogen (secondary N) is 1. The Morgan fingerprint density at radius 3 is 2.72 bits per heavy atom. The van der Waals surface area contributed by atoms with Crippen molar-refractivity contribution in [2.24, 2.45) is 5.73 Å². The van der Waals surface area contributed by atoms with Gasteiger partial charge >= 0.3 is 0 Å². The zero-order valence-corrected chi connectivity index (χ0v) is 11.3. The Labute approximate surface area is 109 Å². The van der Waals surface area contributed by atoms with Crippen LogP contribution in [0.1, 0.15) is 38.3 Å². The first-order valence-electron chi connectivity index (χ1n) is 6.29. The fraction of sp³-hybridized carbons (Fsp3) is 0.500. The molecular formula is C14H22N2O2. The lowest BCUT2D eigenvalue weighted by Gasteiger charge is -2.19. The van der Waals surface area contributed by atoms with Gasteiger partial charge in [0.1, 0.15) is 5.75 Å². The number of hydrogen-bond acceptors (Lipinski definition) is 3. The molecule has 0 heterocycles.